The number of rotatable bonds is 6. The normalized spacial score (nSPS) is 11.8. The fourth-order valence-corrected chi connectivity index (χ4v) is 4.59. The third kappa shape index (κ3) is 2.94. The molecule has 0 saturated heterocycles. The van der Waals surface area contributed by atoms with E-state index in [0.717, 1.165) is 0 Å². The van der Waals surface area contributed by atoms with E-state index >= 15 is 0 Å². The summed E-state index contributed by atoms with van der Waals surface area (Å²) in [7, 11) is 0. The van der Waals surface area contributed by atoms with Crippen LogP contribution in [0.5, 0.6) is 0 Å². The standard InChI is InChI=1S/C28H26/c1-2-3-4-5-7-20-10-12-21(13-11-20)25-18-16-24-15-14-22-8-6-9-23-17-19-26(25)28(24)27(22)23/h6,8-19H,2-5,7H2,1H3. The Balaban J connectivity index is 1.57. The van der Waals surface area contributed by atoms with Gasteiger partial charge in [-0.05, 0) is 61.8 Å². The molecule has 0 saturated carbocycles. The van der Waals surface area contributed by atoms with Gasteiger partial charge >= 0.3 is 0 Å². The highest BCUT2D eigenvalue weighted by atomic mass is 14.1. The minimum atomic E-state index is 1.19. The average molecular weight is 363 g/mol. The molecule has 5 aromatic carbocycles. The Labute approximate surface area is 167 Å². The molecule has 0 N–H and O–H groups in total. The predicted octanol–water partition coefficient (Wildman–Crippen LogP) is 8.37. The van der Waals surface area contributed by atoms with Gasteiger partial charge in [0.05, 0.1) is 0 Å². The summed E-state index contributed by atoms with van der Waals surface area (Å²) < 4.78 is 0. The zero-order valence-corrected chi connectivity index (χ0v) is 16.5. The summed E-state index contributed by atoms with van der Waals surface area (Å²) in [5.41, 5.74) is 4.11. The van der Waals surface area contributed by atoms with E-state index in [2.05, 4.69) is 85.8 Å². The van der Waals surface area contributed by atoms with Gasteiger partial charge in [-0.2, -0.15) is 0 Å². The second kappa shape index (κ2) is 7.28. The van der Waals surface area contributed by atoms with Crippen LogP contribution in [-0.2, 0) is 6.42 Å². The minimum Gasteiger partial charge on any atom is -0.0654 e. The van der Waals surface area contributed by atoms with E-state index in [4.69, 9.17) is 0 Å². The lowest BCUT2D eigenvalue weighted by Gasteiger charge is -2.14. The zero-order chi connectivity index (χ0) is 18.9. The van der Waals surface area contributed by atoms with Gasteiger partial charge < -0.3 is 0 Å². The van der Waals surface area contributed by atoms with Crippen molar-refractivity contribution in [1.29, 1.82) is 0 Å². The van der Waals surface area contributed by atoms with Crippen LogP contribution >= 0.6 is 0 Å². The van der Waals surface area contributed by atoms with Crippen molar-refractivity contribution in [1.82, 2.24) is 0 Å². The van der Waals surface area contributed by atoms with E-state index < -0.39 is 0 Å². The molecule has 0 amide bonds. The van der Waals surface area contributed by atoms with E-state index in [0.29, 0.717) is 0 Å². The Hall–Kier alpha value is -2.86. The van der Waals surface area contributed by atoms with Crippen molar-refractivity contribution in [3.05, 3.63) is 84.4 Å². The summed E-state index contributed by atoms with van der Waals surface area (Å²) in [6.07, 6.45) is 6.48. The first-order chi connectivity index (χ1) is 13.8. The van der Waals surface area contributed by atoms with Gasteiger partial charge in [0.25, 0.3) is 0 Å². The molecule has 0 aliphatic rings. The number of unbranched alkanes of at least 4 members (excludes halogenated alkanes) is 3. The molecular weight excluding hydrogens is 336 g/mol. The summed E-state index contributed by atoms with van der Waals surface area (Å²) in [6, 6.07) is 29.5. The van der Waals surface area contributed by atoms with Crippen molar-refractivity contribution < 1.29 is 0 Å². The first-order valence-electron chi connectivity index (χ1n) is 10.6. The maximum absolute atomic E-state index is 2.32. The lowest BCUT2D eigenvalue weighted by molar-refractivity contribution is 0.667. The second-order valence-electron chi connectivity index (χ2n) is 7.98. The van der Waals surface area contributed by atoms with E-state index in [9.17, 15) is 0 Å². The highest BCUT2D eigenvalue weighted by Crippen LogP contribution is 2.39. The molecule has 28 heavy (non-hydrogen) atoms. The monoisotopic (exact) mass is 362 g/mol. The quantitative estimate of drug-likeness (QED) is 0.210. The molecule has 0 nitrogen and oxygen atoms in total. The topological polar surface area (TPSA) is 0 Å². The van der Waals surface area contributed by atoms with E-state index in [1.807, 2.05) is 0 Å². The van der Waals surface area contributed by atoms with Gasteiger partial charge in [0.1, 0.15) is 0 Å². The fraction of sp³-hybridized carbons (Fsp3) is 0.214. The smallest absolute Gasteiger partial charge is 0.00206 e. The van der Waals surface area contributed by atoms with Gasteiger partial charge in [0.15, 0.2) is 0 Å². The molecule has 0 unspecified atom stereocenters. The molecule has 5 rings (SSSR count). The highest BCUT2D eigenvalue weighted by molar-refractivity contribution is 6.25. The Kier molecular flexibility index (Phi) is 4.49. The van der Waals surface area contributed by atoms with E-state index in [1.54, 1.807) is 0 Å². The Bertz CT molecular complexity index is 1210. The average Bonchev–Trinajstić information content (AvgIpc) is 2.75. The summed E-state index contributed by atoms with van der Waals surface area (Å²) in [5, 5.41) is 8.14. The molecule has 0 bridgehead atoms. The molecule has 0 heterocycles. The van der Waals surface area contributed by atoms with Crippen LogP contribution in [-0.4, -0.2) is 0 Å². The van der Waals surface area contributed by atoms with Crippen LogP contribution in [0.1, 0.15) is 38.2 Å². The van der Waals surface area contributed by atoms with Gasteiger partial charge in [-0.15, -0.1) is 0 Å². The van der Waals surface area contributed by atoms with Crippen LogP contribution in [0.4, 0.5) is 0 Å². The zero-order valence-electron chi connectivity index (χ0n) is 16.5. The first kappa shape index (κ1) is 17.3. The summed E-state index contributed by atoms with van der Waals surface area (Å²) >= 11 is 0. The molecule has 0 atom stereocenters. The molecular formula is C28H26. The lowest BCUT2D eigenvalue weighted by atomic mass is 9.89. The van der Waals surface area contributed by atoms with Crippen molar-refractivity contribution in [3.8, 4) is 11.1 Å². The Morgan fingerprint density at radius 1 is 0.571 bits per heavy atom. The van der Waals surface area contributed by atoms with Gasteiger partial charge in [-0.25, -0.2) is 0 Å². The molecule has 0 spiro atoms. The first-order valence-corrected chi connectivity index (χ1v) is 10.6. The SMILES string of the molecule is CCCCCCc1ccc(-c2ccc3ccc4cccc5ccc2c3c45)cc1. The van der Waals surface area contributed by atoms with Crippen molar-refractivity contribution in [2.45, 2.75) is 39.0 Å². The van der Waals surface area contributed by atoms with E-state index in [-0.39, 0.29) is 0 Å². The molecule has 0 radical (unpaired) electrons. The Morgan fingerprint density at radius 2 is 1.25 bits per heavy atom. The minimum absolute atomic E-state index is 1.19. The van der Waals surface area contributed by atoms with Crippen LogP contribution in [0.3, 0.4) is 0 Å². The number of aryl methyl sites for hydroxylation is 1. The summed E-state index contributed by atoms with van der Waals surface area (Å²) in [5.74, 6) is 0. The largest absolute Gasteiger partial charge is 0.0654 e. The Morgan fingerprint density at radius 3 is 2.00 bits per heavy atom. The van der Waals surface area contributed by atoms with Gasteiger partial charge in [-0.3, -0.25) is 0 Å². The van der Waals surface area contributed by atoms with Gasteiger partial charge in [0.2, 0.25) is 0 Å². The molecule has 0 heteroatoms. The van der Waals surface area contributed by atoms with Crippen LogP contribution in [0.25, 0.3) is 43.4 Å². The maximum Gasteiger partial charge on any atom is -0.00206 e. The third-order valence-electron chi connectivity index (χ3n) is 6.11. The molecule has 0 aliphatic carbocycles. The molecule has 0 aliphatic heterocycles. The second-order valence-corrected chi connectivity index (χ2v) is 7.98. The van der Waals surface area contributed by atoms with Crippen molar-refractivity contribution in [3.63, 3.8) is 0 Å². The molecule has 0 aromatic heterocycles. The summed E-state index contributed by atoms with van der Waals surface area (Å²) in [6.45, 7) is 2.27. The number of benzene rings is 5. The van der Waals surface area contributed by atoms with Crippen LogP contribution < -0.4 is 0 Å². The number of hydrogen-bond donors (Lipinski definition) is 0. The van der Waals surface area contributed by atoms with Crippen molar-refractivity contribution in [2.75, 3.05) is 0 Å². The van der Waals surface area contributed by atoms with Gasteiger partial charge in [-0.1, -0.05) is 105 Å². The predicted molar refractivity (Wildman–Crippen MR) is 123 cm³/mol. The van der Waals surface area contributed by atoms with Crippen molar-refractivity contribution in [2.24, 2.45) is 0 Å². The molecule has 138 valence electrons. The van der Waals surface area contributed by atoms with Crippen LogP contribution in [0.2, 0.25) is 0 Å². The highest BCUT2D eigenvalue weighted by Gasteiger charge is 2.11. The van der Waals surface area contributed by atoms with Crippen molar-refractivity contribution >= 4 is 32.3 Å². The number of hydrogen-bond acceptors (Lipinski definition) is 0. The van der Waals surface area contributed by atoms with Crippen LogP contribution in [0.15, 0.2) is 78.9 Å². The van der Waals surface area contributed by atoms with E-state index in [1.165, 1.54) is 81.1 Å². The third-order valence-corrected chi connectivity index (χ3v) is 6.11. The van der Waals surface area contributed by atoms with Crippen LogP contribution in [0, 0.1) is 0 Å². The molecule has 0 fully saturated rings. The van der Waals surface area contributed by atoms with Gasteiger partial charge in [0, 0.05) is 0 Å². The maximum atomic E-state index is 2.32. The summed E-state index contributed by atoms with van der Waals surface area (Å²) in [4.78, 5) is 0. The fourth-order valence-electron chi connectivity index (χ4n) is 4.59. The lowest BCUT2D eigenvalue weighted by Crippen LogP contribution is -1.89. The molecule has 5 aromatic rings.